The molecule has 1 unspecified atom stereocenters. The molecule has 1 heterocycles. The summed E-state index contributed by atoms with van der Waals surface area (Å²) in [6.07, 6.45) is 2.79. The van der Waals surface area contributed by atoms with E-state index in [-0.39, 0.29) is 5.91 Å². The first-order chi connectivity index (χ1) is 7.25. The van der Waals surface area contributed by atoms with Crippen LogP contribution in [0.15, 0.2) is 35.9 Å². The molecule has 2 heteroatoms. The van der Waals surface area contributed by atoms with Gasteiger partial charge in [0.05, 0.1) is 0 Å². The molecule has 1 aliphatic rings. The van der Waals surface area contributed by atoms with Gasteiger partial charge in [-0.2, -0.15) is 0 Å². The molecule has 1 atom stereocenters. The SMILES string of the molecule is C/C(=C\c1ccccc1)C1CNC(=O)C1. The van der Waals surface area contributed by atoms with Gasteiger partial charge in [0.1, 0.15) is 0 Å². The molecule has 2 nitrogen and oxygen atoms in total. The molecule has 1 aromatic carbocycles. The monoisotopic (exact) mass is 201 g/mol. The summed E-state index contributed by atoms with van der Waals surface area (Å²) in [7, 11) is 0. The Bertz CT molecular complexity index is 381. The number of hydrogen-bond acceptors (Lipinski definition) is 1. The fraction of sp³-hybridized carbons (Fsp3) is 0.308. The van der Waals surface area contributed by atoms with Crippen molar-refractivity contribution in [1.82, 2.24) is 5.32 Å². The Morgan fingerprint density at radius 1 is 1.40 bits per heavy atom. The van der Waals surface area contributed by atoms with Crippen molar-refractivity contribution < 1.29 is 4.79 Å². The van der Waals surface area contributed by atoms with Crippen molar-refractivity contribution in [3.63, 3.8) is 0 Å². The van der Waals surface area contributed by atoms with Crippen molar-refractivity contribution in [3.8, 4) is 0 Å². The van der Waals surface area contributed by atoms with E-state index in [9.17, 15) is 4.79 Å². The van der Waals surface area contributed by atoms with Crippen molar-refractivity contribution in [1.29, 1.82) is 0 Å². The molecule has 0 spiro atoms. The quantitative estimate of drug-likeness (QED) is 0.781. The third-order valence-corrected chi connectivity index (χ3v) is 2.82. The molecule has 1 aromatic rings. The van der Waals surface area contributed by atoms with Gasteiger partial charge in [0, 0.05) is 18.9 Å². The summed E-state index contributed by atoms with van der Waals surface area (Å²) in [4.78, 5) is 11.1. The molecule has 0 saturated carbocycles. The fourth-order valence-corrected chi connectivity index (χ4v) is 1.86. The zero-order chi connectivity index (χ0) is 10.7. The van der Waals surface area contributed by atoms with E-state index in [1.54, 1.807) is 0 Å². The molecular formula is C13H15NO. The van der Waals surface area contributed by atoms with E-state index in [0.29, 0.717) is 12.3 Å². The van der Waals surface area contributed by atoms with Gasteiger partial charge in [-0.15, -0.1) is 0 Å². The van der Waals surface area contributed by atoms with Gasteiger partial charge in [-0.05, 0) is 12.5 Å². The van der Waals surface area contributed by atoms with E-state index in [1.807, 2.05) is 18.2 Å². The normalized spacial score (nSPS) is 21.5. The molecule has 1 N–H and O–H groups in total. The predicted octanol–water partition coefficient (Wildman–Crippen LogP) is 2.23. The number of amides is 1. The van der Waals surface area contributed by atoms with Crippen LogP contribution in [-0.2, 0) is 4.79 Å². The van der Waals surface area contributed by atoms with Crippen LogP contribution in [-0.4, -0.2) is 12.5 Å². The minimum absolute atomic E-state index is 0.167. The molecule has 78 valence electrons. The van der Waals surface area contributed by atoms with Gasteiger partial charge in [-0.3, -0.25) is 4.79 Å². The third kappa shape index (κ3) is 2.46. The second-order valence-corrected chi connectivity index (χ2v) is 4.00. The summed E-state index contributed by atoms with van der Waals surface area (Å²) < 4.78 is 0. The predicted molar refractivity (Wildman–Crippen MR) is 61.2 cm³/mol. The second kappa shape index (κ2) is 4.30. The molecular weight excluding hydrogens is 186 g/mol. The van der Waals surface area contributed by atoms with E-state index >= 15 is 0 Å². The van der Waals surface area contributed by atoms with Gasteiger partial charge in [-0.1, -0.05) is 42.0 Å². The largest absolute Gasteiger partial charge is 0.355 e. The Kier molecular flexibility index (Phi) is 2.86. The molecule has 0 aliphatic carbocycles. The van der Waals surface area contributed by atoms with Crippen LogP contribution in [0.1, 0.15) is 18.9 Å². The highest BCUT2D eigenvalue weighted by molar-refractivity contribution is 5.79. The molecule has 2 rings (SSSR count). The number of hydrogen-bond donors (Lipinski definition) is 1. The number of carbonyl (C=O) groups is 1. The van der Waals surface area contributed by atoms with E-state index in [4.69, 9.17) is 0 Å². The van der Waals surface area contributed by atoms with Gasteiger partial charge in [0.2, 0.25) is 5.91 Å². The van der Waals surface area contributed by atoms with Crippen LogP contribution in [0.25, 0.3) is 6.08 Å². The Morgan fingerprint density at radius 3 is 2.73 bits per heavy atom. The Labute approximate surface area is 90.0 Å². The van der Waals surface area contributed by atoms with Crippen LogP contribution in [0.2, 0.25) is 0 Å². The lowest BCUT2D eigenvalue weighted by Gasteiger charge is -2.07. The minimum atomic E-state index is 0.167. The van der Waals surface area contributed by atoms with E-state index in [2.05, 4.69) is 30.4 Å². The summed E-state index contributed by atoms with van der Waals surface area (Å²) >= 11 is 0. The maximum Gasteiger partial charge on any atom is 0.220 e. The van der Waals surface area contributed by atoms with E-state index < -0.39 is 0 Å². The maximum absolute atomic E-state index is 11.1. The highest BCUT2D eigenvalue weighted by atomic mass is 16.1. The second-order valence-electron chi connectivity index (χ2n) is 4.00. The van der Waals surface area contributed by atoms with Crippen LogP contribution in [0, 0.1) is 5.92 Å². The number of nitrogens with one attached hydrogen (secondary N) is 1. The molecule has 0 aromatic heterocycles. The highest BCUT2D eigenvalue weighted by Gasteiger charge is 2.22. The van der Waals surface area contributed by atoms with Crippen LogP contribution < -0.4 is 5.32 Å². The lowest BCUT2D eigenvalue weighted by atomic mass is 9.97. The van der Waals surface area contributed by atoms with Crippen molar-refractivity contribution in [2.45, 2.75) is 13.3 Å². The zero-order valence-electron chi connectivity index (χ0n) is 8.86. The third-order valence-electron chi connectivity index (χ3n) is 2.82. The first kappa shape index (κ1) is 9.97. The number of benzene rings is 1. The number of carbonyl (C=O) groups excluding carboxylic acids is 1. The summed E-state index contributed by atoms with van der Waals surface area (Å²) in [6, 6.07) is 10.2. The van der Waals surface area contributed by atoms with Gasteiger partial charge in [0.25, 0.3) is 0 Å². The van der Waals surface area contributed by atoms with Crippen molar-refractivity contribution in [2.75, 3.05) is 6.54 Å². The van der Waals surface area contributed by atoms with Crippen molar-refractivity contribution in [3.05, 3.63) is 41.5 Å². The minimum Gasteiger partial charge on any atom is -0.355 e. The standard InChI is InChI=1S/C13H15NO/c1-10(12-8-13(15)14-9-12)7-11-5-3-2-4-6-11/h2-7,12H,8-9H2,1H3,(H,14,15)/b10-7+. The molecule has 1 aliphatic heterocycles. The topological polar surface area (TPSA) is 29.1 Å². The van der Waals surface area contributed by atoms with Gasteiger partial charge in [0.15, 0.2) is 0 Å². The average molecular weight is 201 g/mol. The van der Waals surface area contributed by atoms with E-state index in [1.165, 1.54) is 11.1 Å². The smallest absolute Gasteiger partial charge is 0.220 e. The zero-order valence-corrected chi connectivity index (χ0v) is 8.86. The fourth-order valence-electron chi connectivity index (χ4n) is 1.86. The Hall–Kier alpha value is -1.57. The summed E-state index contributed by atoms with van der Waals surface area (Å²) in [5.74, 6) is 0.540. The summed E-state index contributed by atoms with van der Waals surface area (Å²) in [5, 5.41) is 2.86. The van der Waals surface area contributed by atoms with Crippen LogP contribution in [0.3, 0.4) is 0 Å². The van der Waals surface area contributed by atoms with Gasteiger partial charge < -0.3 is 5.32 Å². The van der Waals surface area contributed by atoms with Gasteiger partial charge >= 0.3 is 0 Å². The van der Waals surface area contributed by atoms with Crippen molar-refractivity contribution >= 4 is 12.0 Å². The molecule has 0 bridgehead atoms. The first-order valence-corrected chi connectivity index (χ1v) is 5.25. The lowest BCUT2D eigenvalue weighted by Crippen LogP contribution is -2.14. The molecule has 0 radical (unpaired) electrons. The van der Waals surface area contributed by atoms with Crippen LogP contribution >= 0.6 is 0 Å². The van der Waals surface area contributed by atoms with Gasteiger partial charge in [-0.25, -0.2) is 0 Å². The first-order valence-electron chi connectivity index (χ1n) is 5.25. The Balaban J connectivity index is 2.11. The maximum atomic E-state index is 11.1. The lowest BCUT2D eigenvalue weighted by molar-refractivity contribution is -0.119. The molecule has 1 amide bonds. The molecule has 1 fully saturated rings. The average Bonchev–Trinajstić information content (AvgIpc) is 2.66. The van der Waals surface area contributed by atoms with Crippen molar-refractivity contribution in [2.24, 2.45) is 5.92 Å². The summed E-state index contributed by atoms with van der Waals surface area (Å²) in [6.45, 7) is 2.88. The number of rotatable bonds is 2. The van der Waals surface area contributed by atoms with E-state index in [0.717, 1.165) is 6.54 Å². The molecule has 15 heavy (non-hydrogen) atoms. The molecule has 1 saturated heterocycles. The van der Waals surface area contributed by atoms with Crippen LogP contribution in [0.4, 0.5) is 0 Å². The van der Waals surface area contributed by atoms with Crippen LogP contribution in [0.5, 0.6) is 0 Å². The summed E-state index contributed by atoms with van der Waals surface area (Å²) in [5.41, 5.74) is 2.48. The Morgan fingerprint density at radius 2 is 2.13 bits per heavy atom. The highest BCUT2D eigenvalue weighted by Crippen LogP contribution is 2.20.